The summed E-state index contributed by atoms with van der Waals surface area (Å²) in [6.07, 6.45) is 3.81. The van der Waals surface area contributed by atoms with Gasteiger partial charge in [-0.3, -0.25) is 14.3 Å². The minimum absolute atomic E-state index is 0. The Balaban J connectivity index is 0.00000392. The van der Waals surface area contributed by atoms with Gasteiger partial charge in [0.1, 0.15) is 5.82 Å². The van der Waals surface area contributed by atoms with Crippen LogP contribution < -0.4 is 10.6 Å². The summed E-state index contributed by atoms with van der Waals surface area (Å²) >= 11 is 0. The molecule has 0 saturated carbocycles. The van der Waals surface area contributed by atoms with Gasteiger partial charge in [-0.2, -0.15) is 0 Å². The van der Waals surface area contributed by atoms with E-state index in [-0.39, 0.29) is 24.0 Å². The molecule has 0 atom stereocenters. The van der Waals surface area contributed by atoms with Crippen molar-refractivity contribution in [1.29, 1.82) is 0 Å². The molecule has 8 heteroatoms. The first-order valence-electron chi connectivity index (χ1n) is 10.1. The topological polar surface area (TPSA) is 69.8 Å². The number of nitrogens with one attached hydrogen (secondary N) is 2. The minimum Gasteiger partial charge on any atom is -0.357 e. The summed E-state index contributed by atoms with van der Waals surface area (Å²) in [4.78, 5) is 7.18. The van der Waals surface area contributed by atoms with Crippen LogP contribution in [0.4, 0.5) is 0 Å². The van der Waals surface area contributed by atoms with E-state index in [0.29, 0.717) is 12.1 Å². The predicted molar refractivity (Wildman–Crippen MR) is 128 cm³/mol. The molecule has 7 nitrogen and oxygen atoms in total. The van der Waals surface area contributed by atoms with Crippen LogP contribution >= 0.6 is 24.0 Å². The molecule has 0 aliphatic carbocycles. The fourth-order valence-electron chi connectivity index (χ4n) is 3.25. The highest BCUT2D eigenvalue weighted by Crippen LogP contribution is 2.05. The van der Waals surface area contributed by atoms with Crippen molar-refractivity contribution < 1.29 is 0 Å². The molecule has 2 rings (SSSR count). The molecule has 0 aliphatic rings. The number of aryl methyl sites for hydroxylation is 1. The van der Waals surface area contributed by atoms with Gasteiger partial charge in [0.25, 0.3) is 0 Å². The summed E-state index contributed by atoms with van der Waals surface area (Å²) in [6, 6.07) is 7.04. The van der Waals surface area contributed by atoms with Crippen LogP contribution in [0.25, 0.3) is 5.65 Å². The third-order valence-electron chi connectivity index (χ3n) is 4.55. The van der Waals surface area contributed by atoms with Crippen molar-refractivity contribution >= 4 is 35.6 Å². The molecule has 0 fully saturated rings. The van der Waals surface area contributed by atoms with Crippen LogP contribution in [-0.4, -0.2) is 63.7 Å². The molecule has 0 spiro atoms. The summed E-state index contributed by atoms with van der Waals surface area (Å²) < 4.78 is 2.04. The predicted octanol–water partition coefficient (Wildman–Crippen LogP) is 2.95. The fraction of sp³-hybridized carbons (Fsp3) is 0.650. The molecular formula is C20H36IN7. The van der Waals surface area contributed by atoms with Crippen molar-refractivity contribution in [2.24, 2.45) is 4.99 Å². The number of rotatable bonds is 10. The molecule has 28 heavy (non-hydrogen) atoms. The molecular weight excluding hydrogens is 465 g/mol. The van der Waals surface area contributed by atoms with Gasteiger partial charge in [-0.05, 0) is 53.2 Å². The summed E-state index contributed by atoms with van der Waals surface area (Å²) in [6.45, 7) is 14.6. The third-order valence-corrected chi connectivity index (χ3v) is 4.55. The zero-order valence-corrected chi connectivity index (χ0v) is 20.2. The van der Waals surface area contributed by atoms with Crippen LogP contribution in [0.3, 0.4) is 0 Å². The first-order chi connectivity index (χ1) is 13.0. The third kappa shape index (κ3) is 7.54. The van der Waals surface area contributed by atoms with Crippen molar-refractivity contribution in [3.8, 4) is 0 Å². The van der Waals surface area contributed by atoms with Crippen molar-refractivity contribution in [3.05, 3.63) is 30.2 Å². The number of fused-ring (bicyclic) bond motifs is 1. The number of pyridine rings is 1. The van der Waals surface area contributed by atoms with Crippen LogP contribution in [0, 0.1) is 0 Å². The number of guanidine groups is 1. The zero-order valence-electron chi connectivity index (χ0n) is 17.9. The van der Waals surface area contributed by atoms with Gasteiger partial charge in [0.2, 0.25) is 0 Å². The highest BCUT2D eigenvalue weighted by atomic mass is 127. The maximum absolute atomic E-state index is 4.70. The SMILES string of the molecule is CCNC(=NCCCc1nnc2ccccn12)NCCN(C(C)C)C(C)C.I. The molecule has 0 unspecified atom stereocenters. The fourth-order valence-corrected chi connectivity index (χ4v) is 3.25. The van der Waals surface area contributed by atoms with E-state index < -0.39 is 0 Å². The quantitative estimate of drug-likeness (QED) is 0.227. The average Bonchev–Trinajstić information content (AvgIpc) is 3.04. The molecule has 158 valence electrons. The zero-order chi connectivity index (χ0) is 19.6. The van der Waals surface area contributed by atoms with Gasteiger partial charge in [-0.1, -0.05) is 6.07 Å². The second-order valence-electron chi connectivity index (χ2n) is 7.26. The van der Waals surface area contributed by atoms with E-state index in [0.717, 1.165) is 56.5 Å². The van der Waals surface area contributed by atoms with E-state index in [2.05, 4.69) is 60.3 Å². The Morgan fingerprint density at radius 2 is 1.89 bits per heavy atom. The maximum Gasteiger partial charge on any atom is 0.191 e. The van der Waals surface area contributed by atoms with Crippen LogP contribution in [0.1, 0.15) is 46.9 Å². The van der Waals surface area contributed by atoms with E-state index in [1.807, 2.05) is 28.8 Å². The van der Waals surface area contributed by atoms with E-state index in [1.54, 1.807) is 0 Å². The first kappa shape index (κ1) is 24.6. The number of aromatic nitrogens is 3. The molecule has 0 aromatic carbocycles. The first-order valence-corrected chi connectivity index (χ1v) is 10.1. The number of hydrogen-bond acceptors (Lipinski definition) is 4. The van der Waals surface area contributed by atoms with Crippen LogP contribution in [-0.2, 0) is 6.42 Å². The molecule has 0 saturated heterocycles. The molecule has 2 aromatic heterocycles. The smallest absolute Gasteiger partial charge is 0.191 e. The van der Waals surface area contributed by atoms with Crippen LogP contribution in [0.15, 0.2) is 29.4 Å². The summed E-state index contributed by atoms with van der Waals surface area (Å²) in [5.74, 6) is 1.87. The molecule has 2 heterocycles. The number of halogens is 1. The Kier molecular flexibility index (Phi) is 11.4. The van der Waals surface area contributed by atoms with Crippen molar-refractivity contribution in [2.75, 3.05) is 26.2 Å². The van der Waals surface area contributed by atoms with E-state index in [4.69, 9.17) is 4.99 Å². The van der Waals surface area contributed by atoms with Gasteiger partial charge in [-0.15, -0.1) is 34.2 Å². The Morgan fingerprint density at radius 3 is 2.57 bits per heavy atom. The van der Waals surface area contributed by atoms with Gasteiger partial charge in [0.15, 0.2) is 11.6 Å². The lowest BCUT2D eigenvalue weighted by molar-refractivity contribution is 0.178. The molecule has 0 bridgehead atoms. The summed E-state index contributed by atoms with van der Waals surface area (Å²) in [5, 5.41) is 15.2. The maximum atomic E-state index is 4.70. The van der Waals surface area contributed by atoms with Gasteiger partial charge in [-0.25, -0.2) is 0 Å². The number of hydrogen-bond donors (Lipinski definition) is 2. The standard InChI is InChI=1S/C20H35N7.HI/c1-6-21-20(23-13-15-26(16(2)3)17(4)5)22-12-9-11-19-25-24-18-10-7-8-14-27(18)19;/h7-8,10,14,16-17H,6,9,11-13,15H2,1-5H3,(H2,21,22,23);1H. The van der Waals surface area contributed by atoms with Gasteiger partial charge in [0, 0.05) is 50.9 Å². The Bertz CT molecular complexity index is 703. The molecule has 0 aliphatic heterocycles. The largest absolute Gasteiger partial charge is 0.357 e. The second-order valence-corrected chi connectivity index (χ2v) is 7.26. The van der Waals surface area contributed by atoms with E-state index in [1.165, 1.54) is 0 Å². The average molecular weight is 501 g/mol. The van der Waals surface area contributed by atoms with Gasteiger partial charge in [0.05, 0.1) is 0 Å². The second kappa shape index (κ2) is 12.9. The number of aliphatic imine (C=N–C) groups is 1. The monoisotopic (exact) mass is 501 g/mol. The lowest BCUT2D eigenvalue weighted by Gasteiger charge is -2.30. The highest BCUT2D eigenvalue weighted by Gasteiger charge is 2.12. The minimum atomic E-state index is 0. The van der Waals surface area contributed by atoms with Crippen LogP contribution in [0.2, 0.25) is 0 Å². The molecule has 0 radical (unpaired) electrons. The summed E-state index contributed by atoms with van der Waals surface area (Å²) in [7, 11) is 0. The Hall–Kier alpha value is -1.42. The summed E-state index contributed by atoms with van der Waals surface area (Å²) in [5.41, 5.74) is 0.894. The molecule has 2 aromatic rings. The highest BCUT2D eigenvalue weighted by molar-refractivity contribution is 14.0. The van der Waals surface area contributed by atoms with Crippen molar-refractivity contribution in [1.82, 2.24) is 30.1 Å². The van der Waals surface area contributed by atoms with Gasteiger partial charge < -0.3 is 10.6 Å². The van der Waals surface area contributed by atoms with Crippen molar-refractivity contribution in [2.45, 2.75) is 59.5 Å². The van der Waals surface area contributed by atoms with E-state index >= 15 is 0 Å². The van der Waals surface area contributed by atoms with Crippen molar-refractivity contribution in [3.63, 3.8) is 0 Å². The molecule has 2 N–H and O–H groups in total. The molecule has 0 amide bonds. The van der Waals surface area contributed by atoms with E-state index in [9.17, 15) is 0 Å². The van der Waals surface area contributed by atoms with Crippen LogP contribution in [0.5, 0.6) is 0 Å². The number of nitrogens with zero attached hydrogens (tertiary/aromatic N) is 5. The Morgan fingerprint density at radius 1 is 1.14 bits per heavy atom. The normalized spacial score (nSPS) is 12.1. The lowest BCUT2D eigenvalue weighted by atomic mass is 10.2. The lowest BCUT2D eigenvalue weighted by Crippen LogP contribution is -2.45. The van der Waals surface area contributed by atoms with Gasteiger partial charge >= 0.3 is 0 Å². The Labute approximate surface area is 186 Å².